The second kappa shape index (κ2) is 6.37. The number of hydrogen-bond donors (Lipinski definition) is 0. The molecular weight excluding hydrogens is 246 g/mol. The number of nitrogens with zero attached hydrogens (tertiary/aromatic N) is 1. The van der Waals surface area contributed by atoms with E-state index in [0.717, 1.165) is 25.8 Å². The van der Waals surface area contributed by atoms with Crippen LogP contribution in [0.25, 0.3) is 0 Å². The average molecular weight is 269 g/mol. The summed E-state index contributed by atoms with van der Waals surface area (Å²) in [5, 5.41) is 0. The zero-order chi connectivity index (χ0) is 13.8. The SMILES string of the molecule is CCOC(=O)C1CCCN(C(=O)C2COC(C)C2)C1. The number of carbonyl (C=O) groups is 2. The van der Waals surface area contributed by atoms with E-state index in [-0.39, 0.29) is 29.8 Å². The third-order valence-electron chi connectivity index (χ3n) is 3.90. The molecule has 0 N–H and O–H groups in total. The standard InChI is InChI=1S/C14H23NO4/c1-3-18-14(17)11-5-4-6-15(8-11)13(16)12-7-10(2)19-9-12/h10-12H,3-9H2,1-2H3. The maximum absolute atomic E-state index is 12.4. The van der Waals surface area contributed by atoms with Gasteiger partial charge in [0, 0.05) is 13.1 Å². The number of likely N-dealkylation sites (tertiary alicyclic amines) is 1. The highest BCUT2D eigenvalue weighted by Gasteiger charge is 2.35. The quantitative estimate of drug-likeness (QED) is 0.723. The maximum atomic E-state index is 12.4. The fourth-order valence-corrected chi connectivity index (χ4v) is 2.88. The van der Waals surface area contributed by atoms with Gasteiger partial charge in [0.05, 0.1) is 31.2 Å². The van der Waals surface area contributed by atoms with E-state index in [4.69, 9.17) is 9.47 Å². The summed E-state index contributed by atoms with van der Waals surface area (Å²) in [5.41, 5.74) is 0. The minimum Gasteiger partial charge on any atom is -0.466 e. The van der Waals surface area contributed by atoms with Crippen molar-refractivity contribution in [1.29, 1.82) is 0 Å². The number of ether oxygens (including phenoxy) is 2. The molecule has 19 heavy (non-hydrogen) atoms. The smallest absolute Gasteiger partial charge is 0.310 e. The van der Waals surface area contributed by atoms with Gasteiger partial charge >= 0.3 is 5.97 Å². The molecule has 1 amide bonds. The molecule has 108 valence electrons. The van der Waals surface area contributed by atoms with Crippen LogP contribution < -0.4 is 0 Å². The number of carbonyl (C=O) groups excluding carboxylic acids is 2. The van der Waals surface area contributed by atoms with E-state index in [1.54, 1.807) is 6.92 Å². The number of esters is 1. The predicted molar refractivity (Wildman–Crippen MR) is 69.5 cm³/mol. The predicted octanol–water partition coefficient (Wildman–Crippen LogP) is 1.21. The van der Waals surface area contributed by atoms with E-state index in [1.807, 2.05) is 11.8 Å². The van der Waals surface area contributed by atoms with Gasteiger partial charge in [0.2, 0.25) is 5.91 Å². The van der Waals surface area contributed by atoms with Gasteiger partial charge in [0.1, 0.15) is 0 Å². The van der Waals surface area contributed by atoms with Gasteiger partial charge in [-0.25, -0.2) is 0 Å². The van der Waals surface area contributed by atoms with Gasteiger partial charge in [-0.3, -0.25) is 9.59 Å². The fourth-order valence-electron chi connectivity index (χ4n) is 2.88. The lowest BCUT2D eigenvalue weighted by Crippen LogP contribution is -2.45. The first-order valence-electron chi connectivity index (χ1n) is 7.18. The lowest BCUT2D eigenvalue weighted by atomic mass is 9.96. The van der Waals surface area contributed by atoms with Crippen molar-refractivity contribution >= 4 is 11.9 Å². The van der Waals surface area contributed by atoms with Crippen molar-refractivity contribution in [2.75, 3.05) is 26.3 Å². The van der Waals surface area contributed by atoms with Crippen LogP contribution in [0.1, 0.15) is 33.1 Å². The van der Waals surface area contributed by atoms with Crippen LogP contribution in [0, 0.1) is 11.8 Å². The highest BCUT2D eigenvalue weighted by molar-refractivity contribution is 5.80. The molecule has 0 bridgehead atoms. The average Bonchev–Trinajstić information content (AvgIpc) is 2.85. The highest BCUT2D eigenvalue weighted by Crippen LogP contribution is 2.25. The summed E-state index contributed by atoms with van der Waals surface area (Å²) in [6.07, 6.45) is 2.65. The Morgan fingerprint density at radius 2 is 2.16 bits per heavy atom. The van der Waals surface area contributed by atoms with Gasteiger partial charge in [0.15, 0.2) is 0 Å². The molecule has 2 saturated heterocycles. The number of hydrogen-bond acceptors (Lipinski definition) is 4. The minimum atomic E-state index is -0.170. The molecule has 0 radical (unpaired) electrons. The third kappa shape index (κ3) is 3.47. The molecule has 0 saturated carbocycles. The van der Waals surface area contributed by atoms with E-state index in [0.29, 0.717) is 19.8 Å². The summed E-state index contributed by atoms with van der Waals surface area (Å²) in [4.78, 5) is 25.9. The maximum Gasteiger partial charge on any atom is 0.310 e. The van der Waals surface area contributed by atoms with Crippen LogP contribution in [-0.4, -0.2) is 49.2 Å². The van der Waals surface area contributed by atoms with Gasteiger partial charge in [0.25, 0.3) is 0 Å². The van der Waals surface area contributed by atoms with E-state index in [9.17, 15) is 9.59 Å². The van der Waals surface area contributed by atoms with Gasteiger partial charge in [-0.1, -0.05) is 0 Å². The Morgan fingerprint density at radius 1 is 1.37 bits per heavy atom. The monoisotopic (exact) mass is 269 g/mol. The van der Waals surface area contributed by atoms with E-state index >= 15 is 0 Å². The zero-order valence-corrected chi connectivity index (χ0v) is 11.8. The van der Waals surface area contributed by atoms with Crippen molar-refractivity contribution in [3.63, 3.8) is 0 Å². The summed E-state index contributed by atoms with van der Waals surface area (Å²) < 4.78 is 10.5. The minimum absolute atomic E-state index is 0.0315. The van der Waals surface area contributed by atoms with Crippen molar-refractivity contribution in [3.05, 3.63) is 0 Å². The first-order chi connectivity index (χ1) is 9.11. The van der Waals surface area contributed by atoms with Crippen molar-refractivity contribution in [1.82, 2.24) is 4.90 Å². The second-order valence-electron chi connectivity index (χ2n) is 5.45. The van der Waals surface area contributed by atoms with Crippen LogP contribution in [0.2, 0.25) is 0 Å². The molecule has 0 aliphatic carbocycles. The molecule has 3 atom stereocenters. The molecule has 2 aliphatic heterocycles. The Bertz CT molecular complexity index is 344. The van der Waals surface area contributed by atoms with Crippen molar-refractivity contribution in [3.8, 4) is 0 Å². The van der Waals surface area contributed by atoms with Gasteiger partial charge in [-0.2, -0.15) is 0 Å². The Balaban J connectivity index is 1.89. The summed E-state index contributed by atoms with van der Waals surface area (Å²) in [5.74, 6) is -0.220. The number of rotatable bonds is 3. The lowest BCUT2D eigenvalue weighted by Gasteiger charge is -2.33. The molecule has 5 heteroatoms. The first kappa shape index (κ1) is 14.3. The Kier molecular flexibility index (Phi) is 4.80. The Labute approximate surface area is 114 Å². The molecule has 0 spiro atoms. The molecule has 2 heterocycles. The third-order valence-corrected chi connectivity index (χ3v) is 3.90. The zero-order valence-electron chi connectivity index (χ0n) is 11.8. The summed E-state index contributed by atoms with van der Waals surface area (Å²) >= 11 is 0. The molecule has 2 fully saturated rings. The molecule has 3 unspecified atom stereocenters. The first-order valence-corrected chi connectivity index (χ1v) is 7.18. The van der Waals surface area contributed by atoms with E-state index in [1.165, 1.54) is 0 Å². The second-order valence-corrected chi connectivity index (χ2v) is 5.45. The summed E-state index contributed by atoms with van der Waals surface area (Å²) in [6, 6.07) is 0. The topological polar surface area (TPSA) is 55.8 Å². The molecule has 0 aromatic rings. The van der Waals surface area contributed by atoms with E-state index < -0.39 is 0 Å². The molecule has 2 aliphatic rings. The van der Waals surface area contributed by atoms with Gasteiger partial charge in [-0.05, 0) is 33.1 Å². The fraction of sp³-hybridized carbons (Fsp3) is 0.857. The van der Waals surface area contributed by atoms with Gasteiger partial charge < -0.3 is 14.4 Å². The largest absolute Gasteiger partial charge is 0.466 e. The van der Waals surface area contributed by atoms with E-state index in [2.05, 4.69) is 0 Å². The van der Waals surface area contributed by atoms with Crippen LogP contribution >= 0.6 is 0 Å². The van der Waals surface area contributed by atoms with Gasteiger partial charge in [-0.15, -0.1) is 0 Å². The summed E-state index contributed by atoms with van der Waals surface area (Å²) in [7, 11) is 0. The lowest BCUT2D eigenvalue weighted by molar-refractivity contribution is -0.151. The van der Waals surface area contributed by atoms with Crippen LogP contribution in [0.5, 0.6) is 0 Å². The van der Waals surface area contributed by atoms with Crippen LogP contribution in [0.4, 0.5) is 0 Å². The molecule has 0 aromatic heterocycles. The molecule has 5 nitrogen and oxygen atoms in total. The summed E-state index contributed by atoms with van der Waals surface area (Å²) in [6.45, 7) is 5.96. The number of amides is 1. The highest BCUT2D eigenvalue weighted by atomic mass is 16.5. The van der Waals surface area contributed by atoms with Crippen molar-refractivity contribution in [2.45, 2.75) is 39.2 Å². The van der Waals surface area contributed by atoms with Crippen LogP contribution in [0.3, 0.4) is 0 Å². The van der Waals surface area contributed by atoms with Crippen LogP contribution in [0.15, 0.2) is 0 Å². The van der Waals surface area contributed by atoms with Crippen LogP contribution in [-0.2, 0) is 19.1 Å². The Morgan fingerprint density at radius 3 is 2.79 bits per heavy atom. The molecule has 0 aromatic carbocycles. The van der Waals surface area contributed by atoms with Crippen molar-refractivity contribution < 1.29 is 19.1 Å². The Hall–Kier alpha value is -1.10. The molecular formula is C14H23NO4. The molecule has 2 rings (SSSR count). The number of piperidine rings is 1. The van der Waals surface area contributed by atoms with Crippen molar-refractivity contribution in [2.24, 2.45) is 11.8 Å². The normalized spacial score (nSPS) is 31.3.